The van der Waals surface area contributed by atoms with E-state index in [1.807, 2.05) is 6.07 Å². The maximum Gasteiger partial charge on any atom is 0.234 e. The molecule has 0 aliphatic rings. The van der Waals surface area contributed by atoms with E-state index in [9.17, 15) is 0 Å². The van der Waals surface area contributed by atoms with Crippen molar-refractivity contribution in [3.63, 3.8) is 0 Å². The lowest BCUT2D eigenvalue weighted by molar-refractivity contribution is 0.468. The Morgan fingerprint density at radius 3 is 2.89 bits per heavy atom. The van der Waals surface area contributed by atoms with Crippen LogP contribution in [0.5, 0.6) is 11.6 Å². The van der Waals surface area contributed by atoms with E-state index in [0.29, 0.717) is 27.7 Å². The molecule has 0 saturated heterocycles. The van der Waals surface area contributed by atoms with Gasteiger partial charge < -0.3 is 4.74 Å². The lowest BCUT2D eigenvalue weighted by Gasteiger charge is -2.07. The number of rotatable bonds is 2. The van der Waals surface area contributed by atoms with Gasteiger partial charge in [-0.1, -0.05) is 27.5 Å². The van der Waals surface area contributed by atoms with E-state index in [1.165, 1.54) is 0 Å². The van der Waals surface area contributed by atoms with Crippen molar-refractivity contribution in [2.45, 2.75) is 0 Å². The topological polar surface area (TPSA) is 63.7 Å². The van der Waals surface area contributed by atoms with Gasteiger partial charge in [0.1, 0.15) is 11.1 Å². The van der Waals surface area contributed by atoms with Crippen LogP contribution in [-0.4, -0.2) is 20.2 Å². The first-order valence-corrected chi connectivity index (χ1v) is 6.68. The van der Waals surface area contributed by atoms with E-state index in [-0.39, 0.29) is 5.28 Å². The van der Waals surface area contributed by atoms with Gasteiger partial charge in [-0.2, -0.15) is 15.1 Å². The Balaban J connectivity index is 2.10. The molecule has 0 bridgehead atoms. The Morgan fingerprint density at radius 1 is 1.21 bits per heavy atom. The smallest absolute Gasteiger partial charge is 0.234 e. The van der Waals surface area contributed by atoms with Crippen LogP contribution < -0.4 is 4.74 Å². The zero-order valence-corrected chi connectivity index (χ0v) is 12.3. The summed E-state index contributed by atoms with van der Waals surface area (Å²) in [5.41, 5.74) is 0.501. The first kappa shape index (κ1) is 12.7. The predicted molar refractivity (Wildman–Crippen MR) is 75.9 cm³/mol. The number of aromatic nitrogens is 4. The molecule has 0 atom stereocenters. The highest BCUT2D eigenvalue weighted by Crippen LogP contribution is 2.33. The molecular weight excluding hydrogens is 355 g/mol. The summed E-state index contributed by atoms with van der Waals surface area (Å²) in [4.78, 5) is 8.03. The summed E-state index contributed by atoms with van der Waals surface area (Å²) >= 11 is 15.2. The molecule has 96 valence electrons. The summed E-state index contributed by atoms with van der Waals surface area (Å²) in [7, 11) is 0. The summed E-state index contributed by atoms with van der Waals surface area (Å²) in [6.07, 6.45) is 1.56. The molecule has 5 nitrogen and oxygen atoms in total. The molecule has 0 spiro atoms. The molecular formula is C11H5BrCl2N4O. The Hall–Kier alpha value is -1.37. The number of hydrogen-bond donors (Lipinski definition) is 1. The highest BCUT2D eigenvalue weighted by molar-refractivity contribution is 9.10. The zero-order chi connectivity index (χ0) is 13.4. The largest absolute Gasteiger partial charge is 0.436 e. The van der Waals surface area contributed by atoms with Gasteiger partial charge in [0.15, 0.2) is 5.65 Å². The molecule has 0 unspecified atom stereocenters. The fourth-order valence-corrected chi connectivity index (χ4v) is 2.18. The summed E-state index contributed by atoms with van der Waals surface area (Å²) in [6.45, 7) is 0. The van der Waals surface area contributed by atoms with E-state index in [4.69, 9.17) is 27.9 Å². The van der Waals surface area contributed by atoms with Gasteiger partial charge in [0, 0.05) is 4.47 Å². The first-order chi connectivity index (χ1) is 9.13. The summed E-state index contributed by atoms with van der Waals surface area (Å²) in [5, 5.41) is 7.74. The van der Waals surface area contributed by atoms with Crippen LogP contribution in [0.4, 0.5) is 0 Å². The minimum absolute atomic E-state index is 0.0675. The molecule has 0 amide bonds. The third-order valence-electron chi connectivity index (χ3n) is 2.35. The number of benzene rings is 1. The highest BCUT2D eigenvalue weighted by atomic mass is 79.9. The monoisotopic (exact) mass is 358 g/mol. The van der Waals surface area contributed by atoms with E-state index in [0.717, 1.165) is 4.47 Å². The van der Waals surface area contributed by atoms with E-state index < -0.39 is 0 Å². The van der Waals surface area contributed by atoms with Gasteiger partial charge in [0.25, 0.3) is 0 Å². The molecule has 0 saturated carbocycles. The van der Waals surface area contributed by atoms with Gasteiger partial charge in [-0.05, 0) is 29.8 Å². The van der Waals surface area contributed by atoms with Crippen LogP contribution in [0, 0.1) is 0 Å². The molecule has 3 rings (SSSR count). The SMILES string of the molecule is Clc1nc(Oc2cc(Br)ccc2Cl)c2cn[nH]c2n1. The van der Waals surface area contributed by atoms with Crippen molar-refractivity contribution in [2.75, 3.05) is 0 Å². The number of nitrogens with one attached hydrogen (secondary N) is 1. The fourth-order valence-electron chi connectivity index (χ4n) is 1.52. The van der Waals surface area contributed by atoms with Gasteiger partial charge >= 0.3 is 0 Å². The Labute approximate surface area is 126 Å². The van der Waals surface area contributed by atoms with Gasteiger partial charge in [-0.3, -0.25) is 5.10 Å². The molecule has 0 aliphatic heterocycles. The van der Waals surface area contributed by atoms with Gasteiger partial charge in [-0.15, -0.1) is 0 Å². The van der Waals surface area contributed by atoms with Crippen molar-refractivity contribution in [3.8, 4) is 11.6 Å². The molecule has 3 aromatic rings. The molecule has 1 N–H and O–H groups in total. The van der Waals surface area contributed by atoms with Crippen molar-refractivity contribution in [3.05, 3.63) is 39.2 Å². The van der Waals surface area contributed by atoms with Crippen molar-refractivity contribution >= 4 is 50.2 Å². The van der Waals surface area contributed by atoms with Crippen LogP contribution in [0.25, 0.3) is 11.0 Å². The third kappa shape index (κ3) is 2.51. The summed E-state index contributed by atoms with van der Waals surface area (Å²) in [6, 6.07) is 5.27. The number of nitrogens with zero attached hydrogens (tertiary/aromatic N) is 3. The van der Waals surface area contributed by atoms with Crippen LogP contribution in [0.1, 0.15) is 0 Å². The quantitative estimate of drug-likeness (QED) is 0.696. The van der Waals surface area contributed by atoms with Gasteiger partial charge in [0.2, 0.25) is 11.2 Å². The molecule has 2 aromatic heterocycles. The molecule has 0 aliphatic carbocycles. The molecule has 1 aromatic carbocycles. The molecule has 19 heavy (non-hydrogen) atoms. The lowest BCUT2D eigenvalue weighted by atomic mass is 10.3. The summed E-state index contributed by atoms with van der Waals surface area (Å²) in [5.74, 6) is 0.761. The summed E-state index contributed by atoms with van der Waals surface area (Å²) < 4.78 is 6.53. The Bertz CT molecular complexity index is 762. The van der Waals surface area contributed by atoms with Gasteiger partial charge in [0.05, 0.1) is 11.2 Å². The minimum atomic E-state index is 0.0675. The second-order valence-electron chi connectivity index (χ2n) is 3.61. The maximum atomic E-state index is 6.07. The minimum Gasteiger partial charge on any atom is -0.436 e. The first-order valence-electron chi connectivity index (χ1n) is 5.13. The van der Waals surface area contributed by atoms with Crippen molar-refractivity contribution in [1.82, 2.24) is 20.2 Å². The number of aromatic amines is 1. The second kappa shape index (κ2) is 4.96. The van der Waals surface area contributed by atoms with E-state index in [2.05, 4.69) is 36.1 Å². The average molecular weight is 360 g/mol. The van der Waals surface area contributed by atoms with Crippen molar-refractivity contribution < 1.29 is 4.74 Å². The zero-order valence-electron chi connectivity index (χ0n) is 9.19. The second-order valence-corrected chi connectivity index (χ2v) is 5.27. The average Bonchev–Trinajstić information content (AvgIpc) is 2.82. The standard InChI is InChI=1S/C11H5BrCl2N4O/c12-5-1-2-7(13)8(3-5)19-10-6-4-15-18-9(6)16-11(14)17-10/h1-4H,(H,15,16,17,18). The number of halogens is 3. The lowest BCUT2D eigenvalue weighted by Crippen LogP contribution is -1.92. The number of hydrogen-bond acceptors (Lipinski definition) is 4. The van der Waals surface area contributed by atoms with Crippen LogP contribution >= 0.6 is 39.1 Å². The van der Waals surface area contributed by atoms with E-state index >= 15 is 0 Å². The molecule has 0 fully saturated rings. The predicted octanol–water partition coefficient (Wildman–Crippen LogP) is 4.21. The van der Waals surface area contributed by atoms with Crippen LogP contribution in [0.15, 0.2) is 28.9 Å². The van der Waals surface area contributed by atoms with Crippen LogP contribution in [-0.2, 0) is 0 Å². The normalized spacial score (nSPS) is 10.9. The number of fused-ring (bicyclic) bond motifs is 1. The Kier molecular flexibility index (Phi) is 3.30. The van der Waals surface area contributed by atoms with Crippen LogP contribution in [0.3, 0.4) is 0 Å². The number of H-pyrrole nitrogens is 1. The maximum absolute atomic E-state index is 6.07. The highest BCUT2D eigenvalue weighted by Gasteiger charge is 2.12. The molecule has 0 radical (unpaired) electrons. The Morgan fingerprint density at radius 2 is 2.05 bits per heavy atom. The molecule has 2 heterocycles. The van der Waals surface area contributed by atoms with Crippen molar-refractivity contribution in [1.29, 1.82) is 0 Å². The fraction of sp³-hybridized carbons (Fsp3) is 0. The van der Waals surface area contributed by atoms with E-state index in [1.54, 1.807) is 18.3 Å². The molecule has 8 heteroatoms. The number of ether oxygens (including phenoxy) is 1. The van der Waals surface area contributed by atoms with Gasteiger partial charge in [-0.25, -0.2) is 0 Å². The van der Waals surface area contributed by atoms with Crippen LogP contribution in [0.2, 0.25) is 10.3 Å². The van der Waals surface area contributed by atoms with Crippen molar-refractivity contribution in [2.24, 2.45) is 0 Å². The third-order valence-corrected chi connectivity index (χ3v) is 3.32.